The quantitative estimate of drug-likeness (QED) is 0.239. The van der Waals surface area contributed by atoms with Crippen molar-refractivity contribution < 1.29 is 88.7 Å². The summed E-state index contributed by atoms with van der Waals surface area (Å²) in [5.74, 6) is -4.97. The molecule has 5 aliphatic heterocycles. The van der Waals surface area contributed by atoms with Gasteiger partial charge in [-0.2, -0.15) is 0 Å². The number of aliphatic hydroxyl groups excluding tert-OH is 2. The first-order valence-electron chi connectivity index (χ1n) is 18.1. The summed E-state index contributed by atoms with van der Waals surface area (Å²) in [6.07, 6.45) is 2.81. The Hall–Kier alpha value is 0.0700. The molecule has 0 aromatic carbocycles. The molecule has 5 N–H and O–H groups in total. The zero-order valence-corrected chi connectivity index (χ0v) is 33.5. The minimum atomic E-state index is -1.57. The fourth-order valence-electron chi connectivity index (χ4n) is 9.91. The molecule has 0 saturated carbocycles. The van der Waals surface area contributed by atoms with Crippen molar-refractivity contribution in [3.8, 4) is 0 Å². The van der Waals surface area contributed by atoms with Crippen molar-refractivity contribution in [2.24, 2.45) is 35.5 Å². The van der Waals surface area contributed by atoms with Crippen LogP contribution in [-0.4, -0.2) is 106 Å². The van der Waals surface area contributed by atoms with Gasteiger partial charge in [0.2, 0.25) is 0 Å². The number of methoxy groups -OCH3 is 1. The van der Waals surface area contributed by atoms with E-state index in [-0.39, 0.29) is 89.0 Å². The molecule has 0 aromatic heterocycles. The number of hydrogen-bond donors (Lipinski definition) is 3. The maximum absolute atomic E-state index is 11.7. The third-order valence-electron chi connectivity index (χ3n) is 13.0. The van der Waals surface area contributed by atoms with Gasteiger partial charge in [-0.3, -0.25) is 0 Å². The van der Waals surface area contributed by atoms with E-state index in [0.717, 1.165) is 32.1 Å². The third kappa shape index (κ3) is 7.98. The summed E-state index contributed by atoms with van der Waals surface area (Å²) >= 11 is 0. The monoisotopic (exact) mass is 710 g/mol. The molecule has 0 radical (unpaired) electrons. The molecule has 280 valence electrons. The number of rotatable bonds is 10. The molecule has 13 heteroatoms. The molecule has 49 heavy (non-hydrogen) atoms. The topological polar surface area (TPSA) is 188 Å². The van der Waals surface area contributed by atoms with Crippen LogP contribution in [0.15, 0.2) is 0 Å². The van der Waals surface area contributed by atoms with Crippen LogP contribution in [0.1, 0.15) is 107 Å². The van der Waals surface area contributed by atoms with Crippen molar-refractivity contribution in [2.75, 3.05) is 13.7 Å². The van der Waals surface area contributed by atoms with Crippen molar-refractivity contribution in [1.82, 2.24) is 0 Å². The van der Waals surface area contributed by atoms with Gasteiger partial charge >= 0.3 is 29.6 Å². The third-order valence-corrected chi connectivity index (χ3v) is 13.0. The predicted molar refractivity (Wildman–Crippen MR) is 173 cm³/mol. The van der Waals surface area contributed by atoms with Gasteiger partial charge in [0.25, 0.3) is 0 Å². The molecule has 12 nitrogen and oxygen atoms in total. The van der Waals surface area contributed by atoms with E-state index in [1.807, 2.05) is 20.8 Å². The van der Waals surface area contributed by atoms with E-state index in [4.69, 9.17) is 28.4 Å². The van der Waals surface area contributed by atoms with Crippen LogP contribution in [0.25, 0.3) is 0 Å². The number of carbonyl (C=O) groups is 1. The fourth-order valence-corrected chi connectivity index (χ4v) is 9.91. The van der Waals surface area contributed by atoms with Crippen molar-refractivity contribution in [2.45, 2.75) is 172 Å². The summed E-state index contributed by atoms with van der Waals surface area (Å²) in [6, 6.07) is 0. The molecule has 5 heterocycles. The van der Waals surface area contributed by atoms with Gasteiger partial charge in [-0.15, -0.1) is 0 Å². The van der Waals surface area contributed by atoms with Gasteiger partial charge in [-0.05, 0) is 57.3 Å². The maximum atomic E-state index is 11.7. The van der Waals surface area contributed by atoms with Gasteiger partial charge in [0.1, 0.15) is 0 Å². The minimum absolute atomic E-state index is 0. The minimum Gasteiger partial charge on any atom is -0.550 e. The summed E-state index contributed by atoms with van der Waals surface area (Å²) < 4.78 is 39.3. The predicted octanol–water partition coefficient (Wildman–Crippen LogP) is -0.882. The molecule has 0 bridgehead atoms. The van der Waals surface area contributed by atoms with E-state index in [1.54, 1.807) is 6.92 Å². The van der Waals surface area contributed by atoms with E-state index in [9.17, 15) is 25.2 Å². The molecule has 0 aliphatic carbocycles. The van der Waals surface area contributed by atoms with Crippen molar-refractivity contribution >= 4 is 5.97 Å². The molecule has 5 saturated heterocycles. The largest absolute Gasteiger partial charge is 1.00 e. The number of carbonyl (C=O) groups excluding carboxylic acids is 1. The summed E-state index contributed by atoms with van der Waals surface area (Å²) in [5.41, 5.74) is -1.16. The first-order valence-corrected chi connectivity index (χ1v) is 18.1. The van der Waals surface area contributed by atoms with Crippen LogP contribution in [0, 0.1) is 35.5 Å². The Morgan fingerprint density at radius 1 is 1.04 bits per heavy atom. The zero-order chi connectivity index (χ0) is 34.7. The molecule has 0 amide bonds. The van der Waals surface area contributed by atoms with Gasteiger partial charge in [0, 0.05) is 49.6 Å². The number of aliphatic hydroxyl groups is 3. The van der Waals surface area contributed by atoms with E-state index in [2.05, 4.69) is 27.7 Å². The van der Waals surface area contributed by atoms with Crippen molar-refractivity contribution in [3.63, 3.8) is 0 Å². The van der Waals surface area contributed by atoms with Crippen LogP contribution in [0.3, 0.4) is 0 Å². The fraction of sp³-hybridized carbons (Fsp3) is 0.972. The molecular formula is C36H63NaO12. The second-order valence-electron chi connectivity index (χ2n) is 16.3. The molecule has 1 unspecified atom stereocenters. The van der Waals surface area contributed by atoms with E-state index in [0.29, 0.717) is 19.3 Å². The number of carboxylic acids is 1. The molecule has 1 spiro atoms. The number of carboxylic acid groups (broad SMARTS) is 1. The SMILES string of the molecule is CC[C@@]1([C@@H]2O[C@@H]([C@H]3OC(O)(CO)[C@H](C)C[C@@H]3C)C[C@@H]2C)CC[C@H]([C@]2(C)CC[C@]3(C[C@H](O)[C@@H](C)[C@@H]([C@@H](C)[C@@H](OC)[C@H](C)C(=O)[O-])O3)O2)O1.O.[Na+]. The average molecular weight is 711 g/mol. The van der Waals surface area contributed by atoms with E-state index >= 15 is 0 Å². The molecule has 17 atom stereocenters. The Kier molecular flexibility index (Phi) is 14.4. The first kappa shape index (κ1) is 43.5. The van der Waals surface area contributed by atoms with Gasteiger partial charge < -0.3 is 59.1 Å². The molecule has 0 aromatic rings. The molecule has 5 aliphatic rings. The van der Waals surface area contributed by atoms with Crippen LogP contribution < -0.4 is 34.7 Å². The first-order chi connectivity index (χ1) is 22.0. The van der Waals surface area contributed by atoms with Gasteiger partial charge in [0.15, 0.2) is 11.6 Å². The van der Waals surface area contributed by atoms with Crippen LogP contribution in [0.5, 0.6) is 0 Å². The van der Waals surface area contributed by atoms with Gasteiger partial charge in [0.05, 0.1) is 60.5 Å². The second-order valence-corrected chi connectivity index (χ2v) is 16.3. The number of ether oxygens (including phenoxy) is 6. The molecular weight excluding hydrogens is 647 g/mol. The Morgan fingerprint density at radius 3 is 2.31 bits per heavy atom. The van der Waals surface area contributed by atoms with Crippen LogP contribution in [0.2, 0.25) is 0 Å². The van der Waals surface area contributed by atoms with E-state index < -0.39 is 59.6 Å². The Labute approximate surface area is 314 Å². The van der Waals surface area contributed by atoms with Crippen molar-refractivity contribution in [3.05, 3.63) is 0 Å². The molecule has 5 rings (SSSR count). The van der Waals surface area contributed by atoms with Gasteiger partial charge in [-0.25, -0.2) is 0 Å². The maximum Gasteiger partial charge on any atom is 1.00 e. The normalized spacial score (nSPS) is 48.8. The summed E-state index contributed by atoms with van der Waals surface area (Å²) in [7, 11) is 1.50. The van der Waals surface area contributed by atoms with Crippen LogP contribution in [0.4, 0.5) is 0 Å². The Morgan fingerprint density at radius 2 is 1.71 bits per heavy atom. The number of hydrogen-bond acceptors (Lipinski definition) is 11. The average Bonchev–Trinajstić information content (AvgIpc) is 3.73. The van der Waals surface area contributed by atoms with Crippen LogP contribution >= 0.6 is 0 Å². The smallest absolute Gasteiger partial charge is 0.550 e. The summed E-state index contributed by atoms with van der Waals surface area (Å²) in [4.78, 5) is 11.7. The number of aliphatic carboxylic acids is 1. The van der Waals surface area contributed by atoms with E-state index in [1.165, 1.54) is 7.11 Å². The summed E-state index contributed by atoms with van der Waals surface area (Å²) in [6.45, 7) is 15.4. The second kappa shape index (κ2) is 16.2. The molecule has 5 fully saturated rings. The van der Waals surface area contributed by atoms with Gasteiger partial charge in [-0.1, -0.05) is 48.5 Å². The Balaban J connectivity index is 0.00000325. The van der Waals surface area contributed by atoms with Crippen LogP contribution in [-0.2, 0) is 33.2 Å². The van der Waals surface area contributed by atoms with Crippen molar-refractivity contribution in [1.29, 1.82) is 0 Å². The summed E-state index contributed by atoms with van der Waals surface area (Å²) in [5, 5.41) is 43.9. The zero-order valence-electron chi connectivity index (χ0n) is 31.5. The standard InChI is InChI=1S/C36H62O11.Na.H2O/c1-10-34(31-20(3)16-26(43-31)28-19(2)15-21(4)36(41,18-37)46-28)12-11-27(44-34)33(8)13-14-35(47-33)17-25(38)22(5)30(45-35)23(6)29(42-9)24(7)32(39)40;;/h19-31,37-38,41H,10-18H2,1-9H3,(H,39,40);;1H2/q;+1;/p-1/t19-,20-,21+,22+,23-,24-,25-,26+,27+,28-,29+,30-,31+,33-,34-,35+,36?;;/m0../s1. The Bertz CT molecular complexity index is 1120.